The zero-order valence-electron chi connectivity index (χ0n) is 12.3. The third kappa shape index (κ3) is 2.18. The van der Waals surface area contributed by atoms with Crippen LogP contribution in [-0.2, 0) is 11.2 Å². The second-order valence-corrected chi connectivity index (χ2v) is 6.57. The molecular weight excluding hydrogens is 284 g/mol. The fraction of sp³-hybridized carbons (Fsp3) is 0.588. The number of hydrogen-bond donors (Lipinski definition) is 1. The highest BCUT2D eigenvalue weighted by atomic mass is 35.5. The lowest BCUT2D eigenvalue weighted by Gasteiger charge is -2.40. The number of hydrogen-bond acceptors (Lipinski definition) is 2. The average Bonchev–Trinajstić information content (AvgIpc) is 3.11. The molecule has 2 fully saturated rings. The topological polar surface area (TPSA) is 32.3 Å². The van der Waals surface area contributed by atoms with Gasteiger partial charge in [-0.05, 0) is 43.4 Å². The molecule has 1 amide bonds. The Kier molecular flexibility index (Phi) is 3.98. The summed E-state index contributed by atoms with van der Waals surface area (Å²) in [6, 6.07) is 8.39. The lowest BCUT2D eigenvalue weighted by Crippen LogP contribution is -2.49. The number of carbonyl (C=O) groups excluding carboxylic acids is 1. The molecule has 0 radical (unpaired) electrons. The second kappa shape index (κ2) is 5.62. The van der Waals surface area contributed by atoms with Crippen molar-refractivity contribution < 1.29 is 4.79 Å². The molecule has 4 heteroatoms. The number of para-hydroxylation sites is 1. The number of nitrogens with one attached hydrogen (secondary N) is 1. The molecule has 4 rings (SSSR count). The first-order chi connectivity index (χ1) is 9.81. The lowest BCUT2D eigenvalue weighted by atomic mass is 9.67. The van der Waals surface area contributed by atoms with Gasteiger partial charge in [-0.15, -0.1) is 12.4 Å². The van der Waals surface area contributed by atoms with E-state index in [-0.39, 0.29) is 17.8 Å². The summed E-state index contributed by atoms with van der Waals surface area (Å²) < 4.78 is 0. The number of fused-ring (bicyclic) bond motifs is 2. The van der Waals surface area contributed by atoms with Crippen molar-refractivity contribution in [1.29, 1.82) is 0 Å². The first kappa shape index (κ1) is 14.9. The standard InChI is InChI=1S/C17H22N2O.ClH/c20-16(17-9-4-3-6-14(17)11-18-12-17)19-10-8-13-5-1-2-7-15(13)19;/h1-2,5,7,14,18H,3-4,6,8-12H2;1H/t14-,17+;/m0./s1. The van der Waals surface area contributed by atoms with E-state index in [2.05, 4.69) is 28.4 Å². The number of halogens is 1. The van der Waals surface area contributed by atoms with Crippen LogP contribution >= 0.6 is 12.4 Å². The van der Waals surface area contributed by atoms with Crippen molar-refractivity contribution >= 4 is 24.0 Å². The van der Waals surface area contributed by atoms with Gasteiger partial charge in [-0.3, -0.25) is 4.79 Å². The maximum atomic E-state index is 13.3. The molecule has 2 atom stereocenters. The van der Waals surface area contributed by atoms with E-state index in [1.807, 2.05) is 6.07 Å². The fourth-order valence-electron chi connectivity index (χ4n) is 4.49. The molecule has 0 unspecified atom stereocenters. The van der Waals surface area contributed by atoms with Crippen LogP contribution in [0.5, 0.6) is 0 Å². The van der Waals surface area contributed by atoms with Gasteiger partial charge in [0.05, 0.1) is 5.41 Å². The van der Waals surface area contributed by atoms with Gasteiger partial charge in [-0.2, -0.15) is 0 Å². The van der Waals surface area contributed by atoms with E-state index in [1.54, 1.807) is 0 Å². The third-order valence-corrected chi connectivity index (χ3v) is 5.60. The molecule has 2 heterocycles. The van der Waals surface area contributed by atoms with Gasteiger partial charge in [0.1, 0.15) is 0 Å². The SMILES string of the molecule is Cl.O=C(N1CCc2ccccc21)[C@@]12CCCC[C@H]1CNC2. The van der Waals surface area contributed by atoms with E-state index in [4.69, 9.17) is 0 Å². The molecule has 0 spiro atoms. The summed E-state index contributed by atoms with van der Waals surface area (Å²) in [6.07, 6.45) is 5.80. The number of anilines is 1. The molecule has 1 aromatic rings. The molecule has 2 aliphatic heterocycles. The van der Waals surface area contributed by atoms with Gasteiger partial charge in [0.25, 0.3) is 0 Å². The Hall–Kier alpha value is -1.06. The number of rotatable bonds is 1. The van der Waals surface area contributed by atoms with Crippen LogP contribution in [0.15, 0.2) is 24.3 Å². The van der Waals surface area contributed by atoms with Crippen LogP contribution in [0, 0.1) is 11.3 Å². The highest BCUT2D eigenvalue weighted by molar-refractivity contribution is 6.00. The van der Waals surface area contributed by atoms with Crippen molar-refractivity contribution in [1.82, 2.24) is 5.32 Å². The molecule has 3 aliphatic rings. The molecule has 1 saturated carbocycles. The monoisotopic (exact) mass is 306 g/mol. The number of nitrogens with zero attached hydrogens (tertiary/aromatic N) is 1. The molecule has 1 aromatic carbocycles. The Bertz CT molecular complexity index is 547. The van der Waals surface area contributed by atoms with E-state index < -0.39 is 0 Å². The fourth-order valence-corrected chi connectivity index (χ4v) is 4.49. The lowest BCUT2D eigenvalue weighted by molar-refractivity contribution is -0.131. The Balaban J connectivity index is 0.00000132. The van der Waals surface area contributed by atoms with Gasteiger partial charge < -0.3 is 10.2 Å². The van der Waals surface area contributed by atoms with E-state index >= 15 is 0 Å². The van der Waals surface area contributed by atoms with Gasteiger partial charge in [-0.1, -0.05) is 31.0 Å². The zero-order valence-corrected chi connectivity index (χ0v) is 13.1. The molecule has 1 aliphatic carbocycles. The zero-order chi connectivity index (χ0) is 13.6. The molecule has 3 nitrogen and oxygen atoms in total. The van der Waals surface area contributed by atoms with Crippen molar-refractivity contribution in [2.45, 2.75) is 32.1 Å². The van der Waals surface area contributed by atoms with Crippen LogP contribution in [0.2, 0.25) is 0 Å². The van der Waals surface area contributed by atoms with Crippen LogP contribution in [0.4, 0.5) is 5.69 Å². The summed E-state index contributed by atoms with van der Waals surface area (Å²) in [6.45, 7) is 2.78. The van der Waals surface area contributed by atoms with Gasteiger partial charge in [0.15, 0.2) is 0 Å². The summed E-state index contributed by atoms with van der Waals surface area (Å²) >= 11 is 0. The predicted molar refractivity (Wildman–Crippen MR) is 87.0 cm³/mol. The average molecular weight is 307 g/mol. The molecule has 1 saturated heterocycles. The summed E-state index contributed by atoms with van der Waals surface area (Å²) in [4.78, 5) is 15.3. The highest BCUT2D eigenvalue weighted by Gasteiger charge is 2.52. The molecular formula is C17H23ClN2O. The van der Waals surface area contributed by atoms with E-state index in [0.29, 0.717) is 11.8 Å². The quantitative estimate of drug-likeness (QED) is 0.865. The van der Waals surface area contributed by atoms with Gasteiger partial charge in [0, 0.05) is 18.8 Å². The normalized spacial score (nSPS) is 30.5. The number of amides is 1. The van der Waals surface area contributed by atoms with Crippen molar-refractivity contribution in [3.05, 3.63) is 29.8 Å². The molecule has 0 bridgehead atoms. The van der Waals surface area contributed by atoms with Crippen LogP contribution in [0.3, 0.4) is 0 Å². The van der Waals surface area contributed by atoms with Crippen LogP contribution in [0.25, 0.3) is 0 Å². The number of benzene rings is 1. The van der Waals surface area contributed by atoms with E-state index in [9.17, 15) is 4.79 Å². The molecule has 21 heavy (non-hydrogen) atoms. The Morgan fingerprint density at radius 3 is 3.05 bits per heavy atom. The first-order valence-corrected chi connectivity index (χ1v) is 7.92. The smallest absolute Gasteiger partial charge is 0.234 e. The van der Waals surface area contributed by atoms with Gasteiger partial charge in [0.2, 0.25) is 5.91 Å². The molecule has 114 valence electrons. The first-order valence-electron chi connectivity index (χ1n) is 7.92. The summed E-state index contributed by atoms with van der Waals surface area (Å²) in [5, 5.41) is 3.49. The Labute approximate surface area is 132 Å². The maximum absolute atomic E-state index is 13.3. The van der Waals surface area contributed by atoms with Crippen LogP contribution in [-0.4, -0.2) is 25.5 Å². The minimum atomic E-state index is -0.115. The predicted octanol–water partition coefficient (Wildman–Crippen LogP) is 2.78. The van der Waals surface area contributed by atoms with E-state index in [1.165, 1.54) is 24.8 Å². The van der Waals surface area contributed by atoms with Crippen molar-refractivity contribution in [2.75, 3.05) is 24.5 Å². The maximum Gasteiger partial charge on any atom is 0.234 e. The van der Waals surface area contributed by atoms with Gasteiger partial charge >= 0.3 is 0 Å². The second-order valence-electron chi connectivity index (χ2n) is 6.57. The third-order valence-electron chi connectivity index (χ3n) is 5.60. The molecule has 0 aromatic heterocycles. The number of carbonyl (C=O) groups is 1. The summed E-state index contributed by atoms with van der Waals surface area (Å²) in [7, 11) is 0. The van der Waals surface area contributed by atoms with Crippen molar-refractivity contribution in [2.24, 2.45) is 11.3 Å². The highest BCUT2D eigenvalue weighted by Crippen LogP contribution is 2.46. The van der Waals surface area contributed by atoms with Crippen LogP contribution < -0.4 is 10.2 Å². The van der Waals surface area contributed by atoms with Crippen molar-refractivity contribution in [3.8, 4) is 0 Å². The van der Waals surface area contributed by atoms with Gasteiger partial charge in [-0.25, -0.2) is 0 Å². The van der Waals surface area contributed by atoms with E-state index in [0.717, 1.165) is 38.2 Å². The molecule has 1 N–H and O–H groups in total. The summed E-state index contributed by atoms with van der Waals surface area (Å²) in [5.41, 5.74) is 2.37. The minimum absolute atomic E-state index is 0. The minimum Gasteiger partial charge on any atom is -0.315 e. The Morgan fingerprint density at radius 2 is 2.14 bits per heavy atom. The largest absolute Gasteiger partial charge is 0.315 e. The van der Waals surface area contributed by atoms with Crippen LogP contribution in [0.1, 0.15) is 31.2 Å². The summed E-state index contributed by atoms with van der Waals surface area (Å²) in [5.74, 6) is 0.939. The Morgan fingerprint density at radius 1 is 1.29 bits per heavy atom. The van der Waals surface area contributed by atoms with Crippen molar-refractivity contribution in [3.63, 3.8) is 0 Å².